The van der Waals surface area contributed by atoms with Gasteiger partial charge in [-0.2, -0.15) is 5.10 Å². The van der Waals surface area contributed by atoms with E-state index < -0.39 is 0 Å². The molecule has 0 saturated heterocycles. The summed E-state index contributed by atoms with van der Waals surface area (Å²) in [5.41, 5.74) is 6.53. The van der Waals surface area contributed by atoms with Gasteiger partial charge in [0.2, 0.25) is 5.91 Å². The highest BCUT2D eigenvalue weighted by Gasteiger charge is 2.14. The van der Waals surface area contributed by atoms with Gasteiger partial charge in [-0.25, -0.2) is 4.68 Å². The van der Waals surface area contributed by atoms with Gasteiger partial charge in [0.1, 0.15) is 0 Å². The second-order valence-corrected chi connectivity index (χ2v) is 8.26. The number of amides is 1. The Hall–Kier alpha value is -3.66. The Kier molecular flexibility index (Phi) is 6.81. The van der Waals surface area contributed by atoms with Crippen LogP contribution in [0.4, 0.5) is 0 Å². The van der Waals surface area contributed by atoms with E-state index in [4.69, 9.17) is 5.10 Å². The van der Waals surface area contributed by atoms with Crippen molar-refractivity contribution in [1.29, 1.82) is 0 Å². The normalized spacial score (nSPS) is 11.8. The lowest BCUT2D eigenvalue weighted by molar-refractivity contribution is -0.121. The molecule has 0 aliphatic rings. The minimum absolute atomic E-state index is 0.0649. The molecule has 4 rings (SSSR count). The van der Waals surface area contributed by atoms with Crippen molar-refractivity contribution in [3.05, 3.63) is 108 Å². The Bertz CT molecular complexity index is 1150. The lowest BCUT2D eigenvalue weighted by Gasteiger charge is -2.13. The molecule has 0 spiro atoms. The van der Waals surface area contributed by atoms with Crippen LogP contribution in [-0.4, -0.2) is 22.2 Å². The first kappa shape index (κ1) is 21.6. The van der Waals surface area contributed by atoms with Gasteiger partial charge in [-0.05, 0) is 42.5 Å². The molecule has 0 unspecified atom stereocenters. The first-order valence-electron chi connectivity index (χ1n) is 11.1. The number of aryl methyl sites for hydroxylation is 2. The summed E-state index contributed by atoms with van der Waals surface area (Å²) in [6.07, 6.45) is 3.12. The molecule has 1 amide bonds. The molecule has 0 saturated carbocycles. The highest BCUT2D eigenvalue weighted by molar-refractivity contribution is 5.76. The molecule has 1 atom stereocenters. The van der Waals surface area contributed by atoms with Gasteiger partial charge in [-0.15, -0.1) is 0 Å². The number of para-hydroxylation sites is 1. The third-order valence-electron chi connectivity index (χ3n) is 5.73. The number of nitrogens with one attached hydrogen (secondary N) is 1. The summed E-state index contributed by atoms with van der Waals surface area (Å²) in [5, 5.41) is 7.95. The fourth-order valence-corrected chi connectivity index (χ4v) is 3.76. The SMILES string of the molecule is Cc1ccc(-c2nn(-c3ccccc3)cc2CCC(=O)NC[C@H](C)c2ccccc2)cc1. The zero-order valence-electron chi connectivity index (χ0n) is 18.7. The summed E-state index contributed by atoms with van der Waals surface area (Å²) >= 11 is 0. The third-order valence-corrected chi connectivity index (χ3v) is 5.73. The van der Waals surface area contributed by atoms with E-state index in [1.54, 1.807) is 0 Å². The van der Waals surface area contributed by atoms with Crippen molar-refractivity contribution < 1.29 is 4.79 Å². The zero-order valence-corrected chi connectivity index (χ0v) is 18.7. The van der Waals surface area contributed by atoms with Crippen LogP contribution in [0.3, 0.4) is 0 Å². The van der Waals surface area contributed by atoms with Crippen LogP contribution in [0.1, 0.15) is 36.0 Å². The predicted molar refractivity (Wildman–Crippen MR) is 130 cm³/mol. The van der Waals surface area contributed by atoms with Gasteiger partial charge < -0.3 is 5.32 Å². The van der Waals surface area contributed by atoms with E-state index in [0.29, 0.717) is 19.4 Å². The smallest absolute Gasteiger partial charge is 0.220 e. The standard InChI is InChI=1S/C28H29N3O/c1-21-13-15-24(16-14-21)28-25(20-31(30-28)26-11-7-4-8-12-26)17-18-27(32)29-19-22(2)23-9-5-3-6-10-23/h3-16,20,22H,17-19H2,1-2H3,(H,29,32)/t22-/m0/s1. The molecule has 1 N–H and O–H groups in total. The monoisotopic (exact) mass is 423 g/mol. The van der Waals surface area contributed by atoms with Gasteiger partial charge in [0.25, 0.3) is 0 Å². The molecule has 4 nitrogen and oxygen atoms in total. The summed E-state index contributed by atoms with van der Waals surface area (Å²) in [7, 11) is 0. The van der Waals surface area contributed by atoms with Crippen molar-refractivity contribution in [3.63, 3.8) is 0 Å². The number of aromatic nitrogens is 2. The third kappa shape index (κ3) is 5.33. The van der Waals surface area contributed by atoms with Crippen molar-refractivity contribution in [2.24, 2.45) is 0 Å². The average Bonchev–Trinajstić information content (AvgIpc) is 3.27. The topological polar surface area (TPSA) is 46.9 Å². The minimum atomic E-state index is 0.0649. The summed E-state index contributed by atoms with van der Waals surface area (Å²) in [6, 6.07) is 28.7. The van der Waals surface area contributed by atoms with Crippen molar-refractivity contribution in [1.82, 2.24) is 15.1 Å². The van der Waals surface area contributed by atoms with Crippen molar-refractivity contribution in [2.75, 3.05) is 6.54 Å². The molecular weight excluding hydrogens is 394 g/mol. The average molecular weight is 424 g/mol. The van der Waals surface area contributed by atoms with Crippen LogP contribution in [-0.2, 0) is 11.2 Å². The number of benzene rings is 3. The molecule has 4 heteroatoms. The minimum Gasteiger partial charge on any atom is -0.355 e. The molecule has 0 radical (unpaired) electrons. The fourth-order valence-electron chi connectivity index (χ4n) is 3.76. The summed E-state index contributed by atoms with van der Waals surface area (Å²) in [5.74, 6) is 0.346. The molecule has 162 valence electrons. The van der Waals surface area contributed by atoms with Gasteiger partial charge in [-0.3, -0.25) is 4.79 Å². The highest BCUT2D eigenvalue weighted by atomic mass is 16.1. The van der Waals surface area contributed by atoms with Crippen LogP contribution in [0, 0.1) is 6.92 Å². The van der Waals surface area contributed by atoms with E-state index in [1.807, 2.05) is 59.4 Å². The van der Waals surface area contributed by atoms with Crippen LogP contribution >= 0.6 is 0 Å². The lowest BCUT2D eigenvalue weighted by Crippen LogP contribution is -2.27. The number of hydrogen-bond acceptors (Lipinski definition) is 2. The Morgan fingerprint density at radius 2 is 1.59 bits per heavy atom. The molecular formula is C28H29N3O. The molecule has 1 heterocycles. The maximum absolute atomic E-state index is 12.6. The number of carbonyl (C=O) groups excluding carboxylic acids is 1. The van der Waals surface area contributed by atoms with Gasteiger partial charge >= 0.3 is 0 Å². The lowest BCUT2D eigenvalue weighted by atomic mass is 10.0. The number of rotatable bonds is 8. The van der Waals surface area contributed by atoms with E-state index in [-0.39, 0.29) is 11.8 Å². The molecule has 0 aliphatic carbocycles. The molecule has 4 aromatic rings. The largest absolute Gasteiger partial charge is 0.355 e. The molecule has 1 aromatic heterocycles. The van der Waals surface area contributed by atoms with Crippen molar-refractivity contribution >= 4 is 5.91 Å². The van der Waals surface area contributed by atoms with Gasteiger partial charge in [-0.1, -0.05) is 85.3 Å². The first-order chi connectivity index (χ1) is 15.6. The quantitative estimate of drug-likeness (QED) is 0.395. The van der Waals surface area contributed by atoms with Gasteiger partial charge in [0.15, 0.2) is 0 Å². The molecule has 3 aromatic carbocycles. The number of nitrogens with zero attached hydrogens (tertiary/aromatic N) is 2. The van der Waals surface area contributed by atoms with E-state index in [1.165, 1.54) is 11.1 Å². The molecule has 32 heavy (non-hydrogen) atoms. The number of hydrogen-bond donors (Lipinski definition) is 1. The molecule has 0 fully saturated rings. The molecule has 0 aliphatic heterocycles. The summed E-state index contributed by atoms with van der Waals surface area (Å²) in [4.78, 5) is 12.6. The van der Waals surface area contributed by atoms with E-state index >= 15 is 0 Å². The predicted octanol–water partition coefficient (Wildman–Crippen LogP) is 5.70. The van der Waals surface area contributed by atoms with Crippen molar-refractivity contribution in [3.8, 4) is 16.9 Å². The first-order valence-corrected chi connectivity index (χ1v) is 11.1. The second kappa shape index (κ2) is 10.1. The van der Waals surface area contributed by atoms with Crippen LogP contribution in [0.15, 0.2) is 91.1 Å². The van der Waals surface area contributed by atoms with E-state index in [2.05, 4.69) is 55.6 Å². The van der Waals surface area contributed by atoms with Crippen LogP contribution in [0.2, 0.25) is 0 Å². The van der Waals surface area contributed by atoms with Crippen molar-refractivity contribution in [2.45, 2.75) is 32.6 Å². The Balaban J connectivity index is 1.46. The Morgan fingerprint density at radius 1 is 0.938 bits per heavy atom. The zero-order chi connectivity index (χ0) is 22.3. The highest BCUT2D eigenvalue weighted by Crippen LogP contribution is 2.25. The van der Waals surface area contributed by atoms with Crippen LogP contribution in [0.5, 0.6) is 0 Å². The van der Waals surface area contributed by atoms with Gasteiger partial charge in [0.05, 0.1) is 11.4 Å². The molecule has 0 bridgehead atoms. The number of carbonyl (C=O) groups is 1. The Morgan fingerprint density at radius 3 is 2.28 bits per heavy atom. The maximum atomic E-state index is 12.6. The van der Waals surface area contributed by atoms with E-state index in [9.17, 15) is 4.79 Å². The maximum Gasteiger partial charge on any atom is 0.220 e. The van der Waals surface area contributed by atoms with Gasteiger partial charge in [0, 0.05) is 24.7 Å². The Labute approximate surface area is 189 Å². The fraction of sp³-hybridized carbons (Fsp3) is 0.214. The second-order valence-electron chi connectivity index (χ2n) is 8.26. The van der Waals surface area contributed by atoms with Crippen LogP contribution < -0.4 is 5.32 Å². The summed E-state index contributed by atoms with van der Waals surface area (Å²) in [6.45, 7) is 4.85. The van der Waals surface area contributed by atoms with E-state index in [0.717, 1.165) is 22.5 Å². The van der Waals surface area contributed by atoms with Crippen LogP contribution in [0.25, 0.3) is 16.9 Å². The summed E-state index contributed by atoms with van der Waals surface area (Å²) < 4.78 is 1.90.